The number of amides is 3. The van der Waals surface area contributed by atoms with Crippen LogP contribution in [0.3, 0.4) is 0 Å². The number of carbonyl (C=O) groups excluding carboxylic acids is 3. The van der Waals surface area contributed by atoms with Crippen LogP contribution >= 0.6 is 23.1 Å². The van der Waals surface area contributed by atoms with Crippen LogP contribution in [0.2, 0.25) is 0 Å². The van der Waals surface area contributed by atoms with Crippen molar-refractivity contribution in [2.45, 2.75) is 4.90 Å². The molecule has 5 rings (SSSR count). The summed E-state index contributed by atoms with van der Waals surface area (Å²) in [6.45, 7) is 0. The molecule has 5 aromatic rings. The second-order valence-corrected chi connectivity index (χ2v) is 10.3. The third-order valence-corrected chi connectivity index (χ3v) is 7.27. The monoisotopic (exact) mass is 553 g/mol. The van der Waals surface area contributed by atoms with E-state index in [2.05, 4.69) is 25.9 Å². The number of para-hydroxylation sites is 1. The molecular weight excluding hydrogens is 530 g/mol. The Kier molecular flexibility index (Phi) is 8.15. The SMILES string of the molecule is O=C(CSc1cccc(NC(=O)/C(=C/c2c[nH]c3ccccc23)NC(=O)c2ccccc2)c1)Nc1nccs1. The minimum absolute atomic E-state index is 0.0921. The number of benzene rings is 3. The van der Waals surface area contributed by atoms with Gasteiger partial charge >= 0.3 is 0 Å². The lowest BCUT2D eigenvalue weighted by Crippen LogP contribution is -2.30. The summed E-state index contributed by atoms with van der Waals surface area (Å²) >= 11 is 2.69. The number of aromatic amines is 1. The average molecular weight is 554 g/mol. The maximum atomic E-state index is 13.4. The van der Waals surface area contributed by atoms with E-state index in [1.165, 1.54) is 23.1 Å². The lowest BCUT2D eigenvalue weighted by Gasteiger charge is -2.12. The lowest BCUT2D eigenvalue weighted by atomic mass is 10.1. The van der Waals surface area contributed by atoms with Crippen molar-refractivity contribution in [1.29, 1.82) is 0 Å². The fraction of sp³-hybridized carbons (Fsp3) is 0.0345. The zero-order valence-electron chi connectivity index (χ0n) is 20.5. The minimum Gasteiger partial charge on any atom is -0.361 e. The summed E-state index contributed by atoms with van der Waals surface area (Å²) in [6.07, 6.45) is 5.07. The summed E-state index contributed by atoms with van der Waals surface area (Å²) in [4.78, 5) is 46.6. The lowest BCUT2D eigenvalue weighted by molar-refractivity contribution is -0.114. The van der Waals surface area contributed by atoms with Gasteiger partial charge in [0.2, 0.25) is 5.91 Å². The number of H-pyrrole nitrogens is 1. The van der Waals surface area contributed by atoms with E-state index in [1.807, 2.05) is 36.4 Å². The van der Waals surface area contributed by atoms with Crippen LogP contribution in [0.4, 0.5) is 10.8 Å². The molecule has 194 valence electrons. The van der Waals surface area contributed by atoms with E-state index in [4.69, 9.17) is 0 Å². The van der Waals surface area contributed by atoms with Crippen LogP contribution in [0.1, 0.15) is 15.9 Å². The van der Waals surface area contributed by atoms with E-state index in [1.54, 1.807) is 66.3 Å². The Morgan fingerprint density at radius 2 is 1.77 bits per heavy atom. The molecule has 0 atom stereocenters. The van der Waals surface area contributed by atoms with Crippen molar-refractivity contribution in [2.24, 2.45) is 0 Å². The molecule has 0 saturated heterocycles. The van der Waals surface area contributed by atoms with Crippen LogP contribution in [0.15, 0.2) is 107 Å². The van der Waals surface area contributed by atoms with Gasteiger partial charge in [-0.3, -0.25) is 14.4 Å². The van der Waals surface area contributed by atoms with Crippen molar-refractivity contribution < 1.29 is 14.4 Å². The number of thiazole rings is 1. The first-order valence-corrected chi connectivity index (χ1v) is 13.8. The molecule has 0 spiro atoms. The third-order valence-electron chi connectivity index (χ3n) is 5.59. The highest BCUT2D eigenvalue weighted by Gasteiger charge is 2.16. The molecule has 0 saturated carbocycles. The first kappa shape index (κ1) is 26.0. The zero-order chi connectivity index (χ0) is 27.0. The van der Waals surface area contributed by atoms with Gasteiger partial charge in [0.25, 0.3) is 11.8 Å². The maximum Gasteiger partial charge on any atom is 0.272 e. The Balaban J connectivity index is 1.33. The Morgan fingerprint density at radius 1 is 0.949 bits per heavy atom. The Bertz CT molecular complexity index is 1650. The number of fused-ring (bicyclic) bond motifs is 1. The van der Waals surface area contributed by atoms with Crippen molar-refractivity contribution in [1.82, 2.24) is 15.3 Å². The summed E-state index contributed by atoms with van der Waals surface area (Å²) in [5.74, 6) is -0.854. The molecule has 2 aromatic heterocycles. The number of rotatable bonds is 9. The van der Waals surface area contributed by atoms with E-state index in [9.17, 15) is 14.4 Å². The number of thioether (sulfide) groups is 1. The quantitative estimate of drug-likeness (QED) is 0.137. The topological polar surface area (TPSA) is 116 Å². The summed E-state index contributed by atoms with van der Waals surface area (Å²) in [7, 11) is 0. The molecule has 2 heterocycles. The summed E-state index contributed by atoms with van der Waals surface area (Å²) in [6, 6.07) is 23.6. The number of nitrogens with one attached hydrogen (secondary N) is 4. The predicted octanol–water partition coefficient (Wildman–Crippen LogP) is 5.76. The van der Waals surface area contributed by atoms with E-state index in [0.29, 0.717) is 16.4 Å². The fourth-order valence-corrected chi connectivity index (χ4v) is 5.06. The van der Waals surface area contributed by atoms with Gasteiger partial charge in [0, 0.05) is 50.4 Å². The number of carbonyl (C=O) groups is 3. The van der Waals surface area contributed by atoms with Crippen molar-refractivity contribution >= 4 is 68.6 Å². The normalized spacial score (nSPS) is 11.2. The highest BCUT2D eigenvalue weighted by atomic mass is 32.2. The predicted molar refractivity (Wildman–Crippen MR) is 157 cm³/mol. The Labute approximate surface area is 232 Å². The molecule has 10 heteroatoms. The second kappa shape index (κ2) is 12.2. The number of anilines is 2. The van der Waals surface area contributed by atoms with Crippen molar-refractivity contribution in [3.05, 3.63) is 113 Å². The first-order valence-electron chi connectivity index (χ1n) is 11.9. The largest absolute Gasteiger partial charge is 0.361 e. The van der Waals surface area contributed by atoms with Gasteiger partial charge in [-0.2, -0.15) is 0 Å². The summed E-state index contributed by atoms with van der Waals surface area (Å²) in [5.41, 5.74) is 2.74. The average Bonchev–Trinajstić information content (AvgIpc) is 3.62. The summed E-state index contributed by atoms with van der Waals surface area (Å²) in [5, 5.41) is 11.6. The first-order chi connectivity index (χ1) is 19.0. The van der Waals surface area contributed by atoms with E-state index in [0.717, 1.165) is 21.4 Å². The molecule has 0 bridgehead atoms. The smallest absolute Gasteiger partial charge is 0.272 e. The molecule has 39 heavy (non-hydrogen) atoms. The van der Waals surface area contributed by atoms with Gasteiger partial charge in [-0.15, -0.1) is 23.1 Å². The molecule has 0 aliphatic carbocycles. The number of hydrogen-bond acceptors (Lipinski definition) is 6. The molecule has 0 aliphatic rings. The highest BCUT2D eigenvalue weighted by molar-refractivity contribution is 8.00. The molecule has 0 aliphatic heterocycles. The second-order valence-electron chi connectivity index (χ2n) is 8.32. The van der Waals surface area contributed by atoms with Crippen molar-refractivity contribution in [3.8, 4) is 0 Å². The molecule has 0 unspecified atom stereocenters. The van der Waals surface area contributed by atoms with E-state index >= 15 is 0 Å². The van der Waals surface area contributed by atoms with Crippen molar-refractivity contribution in [2.75, 3.05) is 16.4 Å². The molecule has 0 radical (unpaired) electrons. The molecule has 0 fully saturated rings. The van der Waals surface area contributed by atoms with Crippen LogP contribution in [-0.2, 0) is 9.59 Å². The zero-order valence-corrected chi connectivity index (χ0v) is 22.1. The van der Waals surface area contributed by atoms with Gasteiger partial charge in [-0.25, -0.2) is 4.98 Å². The Morgan fingerprint density at radius 3 is 2.59 bits per heavy atom. The van der Waals surface area contributed by atoms with Crippen LogP contribution in [-0.4, -0.2) is 33.4 Å². The number of aromatic nitrogens is 2. The van der Waals surface area contributed by atoms with Crippen molar-refractivity contribution in [3.63, 3.8) is 0 Å². The molecule has 4 N–H and O–H groups in total. The molecule has 3 amide bonds. The summed E-state index contributed by atoms with van der Waals surface area (Å²) < 4.78 is 0. The molecule has 3 aromatic carbocycles. The number of nitrogens with zero attached hydrogens (tertiary/aromatic N) is 1. The van der Waals surface area contributed by atoms with Gasteiger partial charge in [0.1, 0.15) is 5.70 Å². The number of hydrogen-bond donors (Lipinski definition) is 4. The van der Waals surface area contributed by atoms with E-state index < -0.39 is 11.8 Å². The van der Waals surface area contributed by atoms with Gasteiger partial charge in [0.05, 0.1) is 5.75 Å². The van der Waals surface area contributed by atoms with Crippen LogP contribution < -0.4 is 16.0 Å². The maximum absolute atomic E-state index is 13.4. The Hall–Kier alpha value is -4.67. The highest BCUT2D eigenvalue weighted by Crippen LogP contribution is 2.24. The van der Waals surface area contributed by atoms with Gasteiger partial charge in [-0.05, 0) is 42.5 Å². The fourth-order valence-electron chi connectivity index (χ4n) is 3.76. The van der Waals surface area contributed by atoms with E-state index in [-0.39, 0.29) is 17.4 Å². The minimum atomic E-state index is -0.478. The van der Waals surface area contributed by atoms with Gasteiger partial charge < -0.3 is 20.9 Å². The van der Waals surface area contributed by atoms with Crippen LogP contribution in [0, 0.1) is 0 Å². The third kappa shape index (κ3) is 6.81. The van der Waals surface area contributed by atoms with Gasteiger partial charge in [0.15, 0.2) is 5.13 Å². The van der Waals surface area contributed by atoms with Gasteiger partial charge in [-0.1, -0.05) is 42.5 Å². The molecular formula is C29H23N5O3S2. The molecule has 8 nitrogen and oxygen atoms in total. The van der Waals surface area contributed by atoms with Crippen LogP contribution in [0.25, 0.3) is 17.0 Å². The van der Waals surface area contributed by atoms with Crippen LogP contribution in [0.5, 0.6) is 0 Å². The standard InChI is InChI=1S/C29H23N5O3S2/c35-26(34-29-30-13-14-38-29)18-39-22-10-6-9-21(16-22)32-28(37)25(33-27(36)19-7-2-1-3-8-19)15-20-17-31-24-12-5-4-11-23(20)24/h1-17,31H,18H2,(H,32,37)(H,33,36)(H,30,34,35)/b25-15-.